The highest BCUT2D eigenvalue weighted by Crippen LogP contribution is 2.11. The fourth-order valence-corrected chi connectivity index (χ4v) is 2.28. The minimum absolute atomic E-state index is 0.725. The van der Waals surface area contributed by atoms with Crippen LogP contribution in [0.1, 0.15) is 57.9 Å². The van der Waals surface area contributed by atoms with Crippen LogP contribution in [0.2, 0.25) is 0 Å². The standard InChI is InChI=1S/C17H28N2S/c1-3-5-7-8-14-18-17(20)19-16-12-10-15(11-13-16)9-6-4-2/h10-13H,3-9,14H2,1-2H3,(H2,18,19,20). The third kappa shape index (κ3) is 7.49. The summed E-state index contributed by atoms with van der Waals surface area (Å²) in [5.41, 5.74) is 2.46. The fraction of sp³-hybridized carbons (Fsp3) is 0.588. The van der Waals surface area contributed by atoms with Crippen LogP contribution in [0.5, 0.6) is 0 Å². The van der Waals surface area contributed by atoms with E-state index in [1.54, 1.807) is 0 Å². The van der Waals surface area contributed by atoms with Gasteiger partial charge in [-0.25, -0.2) is 0 Å². The summed E-state index contributed by atoms with van der Waals surface area (Å²) in [6, 6.07) is 8.58. The maximum atomic E-state index is 5.29. The molecule has 1 aromatic rings. The molecule has 1 rings (SSSR count). The molecule has 1 aromatic carbocycles. The molecule has 2 N–H and O–H groups in total. The predicted molar refractivity (Wildman–Crippen MR) is 93.4 cm³/mol. The average molecular weight is 292 g/mol. The van der Waals surface area contributed by atoms with Crippen molar-refractivity contribution >= 4 is 23.0 Å². The van der Waals surface area contributed by atoms with Crippen LogP contribution in [-0.2, 0) is 6.42 Å². The Morgan fingerprint density at radius 3 is 2.30 bits per heavy atom. The van der Waals surface area contributed by atoms with Crippen molar-refractivity contribution in [3.63, 3.8) is 0 Å². The molecule has 0 spiro atoms. The number of unbranched alkanes of at least 4 members (excludes halogenated alkanes) is 4. The number of nitrogens with one attached hydrogen (secondary N) is 2. The van der Waals surface area contributed by atoms with Crippen LogP contribution in [0.25, 0.3) is 0 Å². The SMILES string of the molecule is CCCCCCNC(=S)Nc1ccc(CCCC)cc1. The highest BCUT2D eigenvalue weighted by atomic mass is 32.1. The lowest BCUT2D eigenvalue weighted by atomic mass is 10.1. The van der Waals surface area contributed by atoms with Gasteiger partial charge in [-0.05, 0) is 49.2 Å². The van der Waals surface area contributed by atoms with Crippen LogP contribution in [0.3, 0.4) is 0 Å². The van der Waals surface area contributed by atoms with Gasteiger partial charge in [-0.15, -0.1) is 0 Å². The van der Waals surface area contributed by atoms with Gasteiger partial charge in [-0.3, -0.25) is 0 Å². The zero-order valence-corrected chi connectivity index (χ0v) is 13.7. The predicted octanol–water partition coefficient (Wildman–Crippen LogP) is 4.90. The first-order chi connectivity index (χ1) is 9.76. The number of hydrogen-bond donors (Lipinski definition) is 2. The van der Waals surface area contributed by atoms with Crippen LogP contribution < -0.4 is 10.6 Å². The van der Waals surface area contributed by atoms with E-state index in [0.717, 1.165) is 23.8 Å². The van der Waals surface area contributed by atoms with Crippen LogP contribution in [0, 0.1) is 0 Å². The number of hydrogen-bond acceptors (Lipinski definition) is 1. The summed E-state index contributed by atoms with van der Waals surface area (Å²) in [4.78, 5) is 0. The van der Waals surface area contributed by atoms with Crippen molar-refractivity contribution < 1.29 is 0 Å². The summed E-state index contributed by atoms with van der Waals surface area (Å²) in [7, 11) is 0. The summed E-state index contributed by atoms with van der Waals surface area (Å²) in [5, 5.41) is 7.22. The summed E-state index contributed by atoms with van der Waals surface area (Å²) in [6.45, 7) is 5.41. The molecule has 0 atom stereocenters. The topological polar surface area (TPSA) is 24.1 Å². The zero-order valence-electron chi connectivity index (χ0n) is 12.9. The normalized spacial score (nSPS) is 10.3. The van der Waals surface area contributed by atoms with Crippen LogP contribution in [0.4, 0.5) is 5.69 Å². The van der Waals surface area contributed by atoms with Gasteiger partial charge in [0.05, 0.1) is 0 Å². The van der Waals surface area contributed by atoms with E-state index in [4.69, 9.17) is 12.2 Å². The molecule has 0 bridgehead atoms. The Morgan fingerprint density at radius 2 is 1.65 bits per heavy atom. The average Bonchev–Trinajstić information content (AvgIpc) is 2.46. The van der Waals surface area contributed by atoms with Crippen molar-refractivity contribution in [1.82, 2.24) is 5.32 Å². The van der Waals surface area contributed by atoms with Gasteiger partial charge in [-0.1, -0.05) is 51.7 Å². The summed E-state index contributed by atoms with van der Waals surface area (Å²) < 4.78 is 0. The molecule has 0 aliphatic rings. The van der Waals surface area contributed by atoms with Gasteiger partial charge >= 0.3 is 0 Å². The van der Waals surface area contributed by atoms with E-state index >= 15 is 0 Å². The van der Waals surface area contributed by atoms with Gasteiger partial charge in [0, 0.05) is 12.2 Å². The van der Waals surface area contributed by atoms with E-state index in [9.17, 15) is 0 Å². The molecule has 0 amide bonds. The van der Waals surface area contributed by atoms with Gasteiger partial charge in [0.2, 0.25) is 0 Å². The number of aryl methyl sites for hydroxylation is 1. The second kappa shape index (κ2) is 10.7. The molecular weight excluding hydrogens is 264 g/mol. The summed E-state index contributed by atoms with van der Waals surface area (Å²) in [5.74, 6) is 0. The molecule has 0 unspecified atom stereocenters. The van der Waals surface area contributed by atoms with E-state index in [2.05, 4.69) is 48.7 Å². The number of rotatable bonds is 9. The minimum atomic E-state index is 0.725. The third-order valence-corrected chi connectivity index (χ3v) is 3.59. The fourth-order valence-electron chi connectivity index (χ4n) is 2.06. The Bertz CT molecular complexity index is 373. The van der Waals surface area contributed by atoms with Crippen LogP contribution in [0.15, 0.2) is 24.3 Å². The molecule has 2 nitrogen and oxygen atoms in total. The first-order valence-electron chi connectivity index (χ1n) is 7.90. The molecule has 3 heteroatoms. The van der Waals surface area contributed by atoms with Gasteiger partial charge in [0.1, 0.15) is 0 Å². The molecule has 0 aliphatic carbocycles. The molecule has 0 radical (unpaired) electrons. The molecule has 20 heavy (non-hydrogen) atoms. The quantitative estimate of drug-likeness (QED) is 0.500. The lowest BCUT2D eigenvalue weighted by Crippen LogP contribution is -2.29. The van der Waals surface area contributed by atoms with Crippen molar-refractivity contribution in [3.05, 3.63) is 29.8 Å². The Kier molecular flexibility index (Phi) is 9.05. The third-order valence-electron chi connectivity index (χ3n) is 3.35. The second-order valence-corrected chi connectivity index (χ2v) is 5.65. The van der Waals surface area contributed by atoms with Gasteiger partial charge in [0.15, 0.2) is 5.11 Å². The largest absolute Gasteiger partial charge is 0.362 e. The van der Waals surface area contributed by atoms with Gasteiger partial charge in [0.25, 0.3) is 0 Å². The highest BCUT2D eigenvalue weighted by molar-refractivity contribution is 7.80. The highest BCUT2D eigenvalue weighted by Gasteiger charge is 1.98. The van der Waals surface area contributed by atoms with E-state index in [-0.39, 0.29) is 0 Å². The molecule has 0 saturated carbocycles. The van der Waals surface area contributed by atoms with E-state index in [0.29, 0.717) is 0 Å². The van der Waals surface area contributed by atoms with E-state index < -0.39 is 0 Å². The van der Waals surface area contributed by atoms with Crippen LogP contribution in [-0.4, -0.2) is 11.7 Å². The Labute approximate surface area is 129 Å². The Hall–Kier alpha value is -1.09. The molecule has 0 aromatic heterocycles. The Morgan fingerprint density at radius 1 is 0.950 bits per heavy atom. The first-order valence-corrected chi connectivity index (χ1v) is 8.31. The first kappa shape index (κ1) is 17.0. The van der Waals surface area contributed by atoms with Gasteiger partial charge in [-0.2, -0.15) is 0 Å². The number of benzene rings is 1. The monoisotopic (exact) mass is 292 g/mol. The lowest BCUT2D eigenvalue weighted by molar-refractivity contribution is 0.655. The Balaban J connectivity index is 2.24. The second-order valence-electron chi connectivity index (χ2n) is 5.24. The lowest BCUT2D eigenvalue weighted by Gasteiger charge is -2.11. The minimum Gasteiger partial charge on any atom is -0.362 e. The molecule has 0 aliphatic heterocycles. The zero-order chi connectivity index (χ0) is 14.6. The maximum absolute atomic E-state index is 5.29. The summed E-state index contributed by atoms with van der Waals surface area (Å²) >= 11 is 5.29. The van der Waals surface area contributed by atoms with E-state index in [1.165, 1.54) is 44.1 Å². The molecule has 0 saturated heterocycles. The van der Waals surface area contributed by atoms with Crippen LogP contribution >= 0.6 is 12.2 Å². The molecule has 112 valence electrons. The number of anilines is 1. The van der Waals surface area contributed by atoms with Gasteiger partial charge < -0.3 is 10.6 Å². The molecule has 0 heterocycles. The number of thiocarbonyl (C=S) groups is 1. The summed E-state index contributed by atoms with van der Waals surface area (Å²) in [6.07, 6.45) is 8.70. The molecule has 0 fully saturated rings. The van der Waals surface area contributed by atoms with E-state index in [1.807, 2.05) is 0 Å². The van der Waals surface area contributed by atoms with Crippen molar-refractivity contribution in [2.75, 3.05) is 11.9 Å². The van der Waals surface area contributed by atoms with Crippen molar-refractivity contribution in [3.8, 4) is 0 Å². The smallest absolute Gasteiger partial charge is 0.170 e. The van der Waals surface area contributed by atoms with Crippen molar-refractivity contribution in [2.24, 2.45) is 0 Å². The molecular formula is C17H28N2S. The maximum Gasteiger partial charge on any atom is 0.170 e. The van der Waals surface area contributed by atoms with Crippen molar-refractivity contribution in [2.45, 2.75) is 58.8 Å². The van der Waals surface area contributed by atoms with Crippen molar-refractivity contribution in [1.29, 1.82) is 0 Å².